The monoisotopic (exact) mass is 359 g/mol. The first kappa shape index (κ1) is 16.6. The summed E-state index contributed by atoms with van der Waals surface area (Å²) in [5.74, 6) is -0.0345. The van der Waals surface area contributed by atoms with E-state index in [4.69, 9.17) is 16.3 Å². The van der Waals surface area contributed by atoms with Crippen LogP contribution in [0.3, 0.4) is 0 Å². The van der Waals surface area contributed by atoms with Crippen molar-refractivity contribution >= 4 is 27.5 Å². The van der Waals surface area contributed by atoms with Crippen LogP contribution in [0.25, 0.3) is 0 Å². The number of sulfonamides is 1. The molecule has 0 spiro atoms. The summed E-state index contributed by atoms with van der Waals surface area (Å²) in [5.41, 5.74) is 0. The Balaban J connectivity index is 1.64. The van der Waals surface area contributed by atoms with Gasteiger partial charge in [-0.3, -0.25) is 4.79 Å². The molecule has 0 saturated carbocycles. The number of rotatable bonds is 3. The molecule has 1 aromatic heterocycles. The minimum atomic E-state index is -3.60. The summed E-state index contributed by atoms with van der Waals surface area (Å²) in [7, 11) is -3.60. The molecule has 1 unspecified atom stereocenters. The van der Waals surface area contributed by atoms with Gasteiger partial charge in [-0.1, -0.05) is 11.6 Å². The predicted molar refractivity (Wildman–Crippen MR) is 83.6 cm³/mol. The molecular weight excluding hydrogens is 342 g/mol. The van der Waals surface area contributed by atoms with Gasteiger partial charge >= 0.3 is 0 Å². The Bertz CT molecular complexity index is 666. The van der Waals surface area contributed by atoms with Crippen molar-refractivity contribution in [1.82, 2.24) is 14.2 Å². The zero-order valence-electron chi connectivity index (χ0n) is 12.5. The van der Waals surface area contributed by atoms with E-state index in [1.165, 1.54) is 22.6 Å². The molecule has 1 atom stereocenters. The number of ether oxygens (including phenoxy) is 1. The molecule has 2 aliphatic heterocycles. The maximum atomic E-state index is 12.5. The molecule has 0 aliphatic carbocycles. The number of halogens is 1. The zero-order valence-corrected chi connectivity index (χ0v) is 14.1. The Hall–Kier alpha value is -1.22. The Kier molecular flexibility index (Phi) is 4.86. The van der Waals surface area contributed by atoms with Crippen molar-refractivity contribution in [3.8, 4) is 0 Å². The molecular formula is C14H18ClN3O4S. The average Bonchev–Trinajstić information content (AvgIpc) is 3.09. The number of carbonyl (C=O) groups excluding carboxylic acids is 1. The van der Waals surface area contributed by atoms with Crippen molar-refractivity contribution in [1.29, 1.82) is 0 Å². The normalized spacial score (nSPS) is 23.2. The van der Waals surface area contributed by atoms with Crippen LogP contribution in [0.15, 0.2) is 23.2 Å². The molecule has 2 aliphatic rings. The third-order valence-corrected chi connectivity index (χ3v) is 6.20. The molecule has 0 aromatic carbocycles. The number of aromatic nitrogens is 1. The van der Waals surface area contributed by atoms with E-state index in [0.717, 1.165) is 12.8 Å². The van der Waals surface area contributed by atoms with E-state index in [0.29, 0.717) is 19.7 Å². The molecule has 126 valence electrons. The fourth-order valence-corrected chi connectivity index (χ4v) is 4.27. The Labute approximate surface area is 140 Å². The third-order valence-electron chi connectivity index (χ3n) is 4.09. The maximum Gasteiger partial charge on any atom is 0.251 e. The second-order valence-corrected chi connectivity index (χ2v) is 7.87. The lowest BCUT2D eigenvalue weighted by Crippen LogP contribution is -2.52. The van der Waals surface area contributed by atoms with E-state index >= 15 is 0 Å². The number of amides is 1. The fraction of sp³-hybridized carbons (Fsp3) is 0.571. The second-order valence-electron chi connectivity index (χ2n) is 5.55. The lowest BCUT2D eigenvalue weighted by atomic mass is 10.2. The molecule has 1 aromatic rings. The summed E-state index contributed by atoms with van der Waals surface area (Å²) >= 11 is 5.69. The van der Waals surface area contributed by atoms with Gasteiger partial charge in [-0.2, -0.15) is 4.31 Å². The standard InChI is InChI=1S/C14H18ClN3O4S/c15-13-4-3-11(10-16-13)23(20,21)18-7-5-17(6-8-18)14(19)12-2-1-9-22-12/h3-4,10,12H,1-2,5-9H2. The lowest BCUT2D eigenvalue weighted by molar-refractivity contribution is -0.142. The van der Waals surface area contributed by atoms with E-state index in [-0.39, 0.29) is 35.1 Å². The van der Waals surface area contributed by atoms with Gasteiger partial charge in [0.2, 0.25) is 10.0 Å². The van der Waals surface area contributed by atoms with Gasteiger partial charge in [0.1, 0.15) is 16.2 Å². The summed E-state index contributed by atoms with van der Waals surface area (Å²) in [6.45, 7) is 1.90. The summed E-state index contributed by atoms with van der Waals surface area (Å²) in [5, 5.41) is 0.246. The smallest absolute Gasteiger partial charge is 0.251 e. The van der Waals surface area contributed by atoms with Gasteiger partial charge in [0.05, 0.1) is 0 Å². The van der Waals surface area contributed by atoms with Gasteiger partial charge < -0.3 is 9.64 Å². The van der Waals surface area contributed by atoms with Gasteiger partial charge in [-0.15, -0.1) is 0 Å². The van der Waals surface area contributed by atoms with Crippen LogP contribution in [-0.2, 0) is 19.6 Å². The molecule has 0 bridgehead atoms. The van der Waals surface area contributed by atoms with E-state index < -0.39 is 10.0 Å². The van der Waals surface area contributed by atoms with E-state index in [1.807, 2.05) is 0 Å². The summed E-state index contributed by atoms with van der Waals surface area (Å²) in [6, 6.07) is 2.89. The van der Waals surface area contributed by atoms with Crippen molar-refractivity contribution in [2.45, 2.75) is 23.8 Å². The van der Waals surface area contributed by atoms with Crippen molar-refractivity contribution in [2.75, 3.05) is 32.8 Å². The van der Waals surface area contributed by atoms with E-state index in [1.54, 1.807) is 4.90 Å². The molecule has 9 heteroatoms. The highest BCUT2D eigenvalue weighted by Gasteiger charge is 2.34. The first-order chi connectivity index (χ1) is 11.0. The molecule has 3 heterocycles. The van der Waals surface area contributed by atoms with Crippen LogP contribution in [0.5, 0.6) is 0 Å². The quantitative estimate of drug-likeness (QED) is 0.744. The SMILES string of the molecule is O=C(C1CCCO1)N1CCN(S(=O)(=O)c2ccc(Cl)nc2)CC1. The number of piperazine rings is 1. The minimum absolute atomic E-state index is 0.0345. The third kappa shape index (κ3) is 3.50. The number of pyridine rings is 1. The van der Waals surface area contributed by atoms with Crippen LogP contribution < -0.4 is 0 Å². The molecule has 7 nitrogen and oxygen atoms in total. The molecule has 23 heavy (non-hydrogen) atoms. The fourth-order valence-electron chi connectivity index (χ4n) is 2.79. The molecule has 0 radical (unpaired) electrons. The van der Waals surface area contributed by atoms with E-state index in [9.17, 15) is 13.2 Å². The largest absolute Gasteiger partial charge is 0.368 e. The topological polar surface area (TPSA) is 79.8 Å². The Morgan fingerprint density at radius 1 is 1.26 bits per heavy atom. The van der Waals surface area contributed by atoms with Crippen LogP contribution in [0, 0.1) is 0 Å². The average molecular weight is 360 g/mol. The molecule has 0 N–H and O–H groups in total. The van der Waals surface area contributed by atoms with Gasteiger partial charge in [-0.25, -0.2) is 13.4 Å². The maximum absolute atomic E-state index is 12.5. The Morgan fingerprint density at radius 3 is 2.57 bits per heavy atom. The number of hydrogen-bond acceptors (Lipinski definition) is 5. The molecule has 2 saturated heterocycles. The van der Waals surface area contributed by atoms with Crippen molar-refractivity contribution in [3.63, 3.8) is 0 Å². The molecule has 3 rings (SSSR count). The molecule has 1 amide bonds. The van der Waals surface area contributed by atoms with Crippen LogP contribution in [-0.4, -0.2) is 67.4 Å². The van der Waals surface area contributed by atoms with Crippen LogP contribution in [0.1, 0.15) is 12.8 Å². The first-order valence-electron chi connectivity index (χ1n) is 7.50. The van der Waals surface area contributed by atoms with Gasteiger partial charge in [0.15, 0.2) is 0 Å². The Morgan fingerprint density at radius 2 is 2.00 bits per heavy atom. The minimum Gasteiger partial charge on any atom is -0.368 e. The second kappa shape index (κ2) is 6.72. The molecule has 2 fully saturated rings. The number of carbonyl (C=O) groups is 1. The van der Waals surface area contributed by atoms with Crippen molar-refractivity contribution < 1.29 is 17.9 Å². The van der Waals surface area contributed by atoms with E-state index in [2.05, 4.69) is 4.98 Å². The van der Waals surface area contributed by atoms with Gasteiger partial charge in [-0.05, 0) is 25.0 Å². The highest BCUT2D eigenvalue weighted by atomic mass is 35.5. The number of hydrogen-bond donors (Lipinski definition) is 0. The summed E-state index contributed by atoms with van der Waals surface area (Å²) in [6.07, 6.45) is 2.53. The van der Waals surface area contributed by atoms with Crippen LogP contribution in [0.4, 0.5) is 0 Å². The zero-order chi connectivity index (χ0) is 16.4. The van der Waals surface area contributed by atoms with Gasteiger partial charge in [0.25, 0.3) is 5.91 Å². The highest BCUT2D eigenvalue weighted by molar-refractivity contribution is 7.89. The first-order valence-corrected chi connectivity index (χ1v) is 9.32. The van der Waals surface area contributed by atoms with Crippen molar-refractivity contribution in [3.05, 3.63) is 23.5 Å². The summed E-state index contributed by atoms with van der Waals surface area (Å²) in [4.78, 5) is 17.9. The predicted octanol–water partition coefficient (Wildman–Crippen LogP) is 0.747. The highest BCUT2D eigenvalue weighted by Crippen LogP contribution is 2.20. The van der Waals surface area contributed by atoms with Gasteiger partial charge in [0, 0.05) is 39.0 Å². The van der Waals surface area contributed by atoms with Crippen molar-refractivity contribution in [2.24, 2.45) is 0 Å². The van der Waals surface area contributed by atoms with Crippen LogP contribution in [0.2, 0.25) is 5.15 Å². The number of nitrogens with zero attached hydrogens (tertiary/aromatic N) is 3. The lowest BCUT2D eigenvalue weighted by Gasteiger charge is -2.35. The van der Waals surface area contributed by atoms with Crippen LogP contribution >= 0.6 is 11.6 Å². The summed E-state index contributed by atoms with van der Waals surface area (Å²) < 4.78 is 31.9.